The molecule has 0 fully saturated rings. The Labute approximate surface area is 246 Å². The molecule has 0 atom stereocenters. The molecule has 0 aliphatic heterocycles. The molecule has 2 N–H and O–H groups in total. The molecule has 8 nitrogen and oxygen atoms in total. The molecular formula is C30H26F2N6O2S2. The zero-order valence-electron chi connectivity index (χ0n) is 23.2. The van der Waals surface area contributed by atoms with Gasteiger partial charge in [0, 0.05) is 57.5 Å². The Kier molecular flexibility index (Phi) is 7.27. The number of rotatable bonds is 7. The van der Waals surface area contributed by atoms with Crippen LogP contribution in [0.1, 0.15) is 33.6 Å². The molecule has 6 rings (SSSR count). The summed E-state index contributed by atoms with van der Waals surface area (Å²) in [5, 5.41) is 0. The molecule has 0 unspecified atom stereocenters. The largest absolute Gasteiger partial charge is 0.323 e. The van der Waals surface area contributed by atoms with E-state index in [0.29, 0.717) is 67.7 Å². The normalized spacial score (nSPS) is 11.7. The van der Waals surface area contributed by atoms with Crippen molar-refractivity contribution in [2.45, 2.75) is 39.2 Å². The zero-order valence-corrected chi connectivity index (χ0v) is 24.8. The summed E-state index contributed by atoms with van der Waals surface area (Å²) in [5.41, 5.74) is 6.17. The number of nitrogens with one attached hydrogen (secondary N) is 2. The Morgan fingerprint density at radius 2 is 1.10 bits per heavy atom. The van der Waals surface area contributed by atoms with Gasteiger partial charge in [0.1, 0.15) is 11.6 Å². The van der Waals surface area contributed by atoms with E-state index >= 15 is 0 Å². The second-order valence-electron chi connectivity index (χ2n) is 10.1. The summed E-state index contributed by atoms with van der Waals surface area (Å²) in [5.74, 6) is 1.19. The van der Waals surface area contributed by atoms with Crippen LogP contribution in [0.4, 0.5) is 8.78 Å². The number of H-pyrrole nitrogens is 2. The van der Waals surface area contributed by atoms with Gasteiger partial charge >= 0.3 is 0 Å². The van der Waals surface area contributed by atoms with Gasteiger partial charge in [-0.1, -0.05) is 21.6 Å². The molecule has 0 radical (unpaired) electrons. The number of aromatic amines is 2. The molecule has 0 spiro atoms. The lowest BCUT2D eigenvalue weighted by atomic mass is 10.1. The lowest BCUT2D eigenvalue weighted by Crippen LogP contribution is -2.19. The van der Waals surface area contributed by atoms with Crippen molar-refractivity contribution in [1.29, 1.82) is 0 Å². The first-order chi connectivity index (χ1) is 20.1. The SMILES string of the molecule is Cc1cn(-c2nc3ccc(F)cc3[nH]2)c(CSSCc2c(C)c(=O)c(C)cn2-c2nc3ccc(F)cc3[nH]2)c(C)c1=O. The maximum absolute atomic E-state index is 13.8. The summed E-state index contributed by atoms with van der Waals surface area (Å²) >= 11 is 0. The number of benzene rings is 2. The lowest BCUT2D eigenvalue weighted by molar-refractivity contribution is 0.629. The van der Waals surface area contributed by atoms with Crippen molar-refractivity contribution in [2.24, 2.45) is 0 Å². The van der Waals surface area contributed by atoms with Crippen LogP contribution in [0.5, 0.6) is 0 Å². The van der Waals surface area contributed by atoms with Gasteiger partial charge in [-0.15, -0.1) is 0 Å². The second-order valence-corrected chi connectivity index (χ2v) is 12.6. The molecule has 12 heteroatoms. The fourth-order valence-electron chi connectivity index (χ4n) is 4.97. The Morgan fingerprint density at radius 3 is 1.50 bits per heavy atom. The molecule has 214 valence electrons. The smallest absolute Gasteiger partial charge is 0.212 e. The van der Waals surface area contributed by atoms with Gasteiger partial charge < -0.3 is 9.97 Å². The first-order valence-corrected chi connectivity index (χ1v) is 15.6. The number of pyridine rings is 2. The third-order valence-electron chi connectivity index (χ3n) is 7.28. The highest BCUT2D eigenvalue weighted by Crippen LogP contribution is 2.32. The van der Waals surface area contributed by atoms with E-state index in [0.717, 1.165) is 11.4 Å². The van der Waals surface area contributed by atoms with Gasteiger partial charge in [-0.25, -0.2) is 18.7 Å². The van der Waals surface area contributed by atoms with Crippen LogP contribution in [0, 0.1) is 39.3 Å². The summed E-state index contributed by atoms with van der Waals surface area (Å²) in [7, 11) is 3.07. The van der Waals surface area contributed by atoms with E-state index in [2.05, 4.69) is 19.9 Å². The van der Waals surface area contributed by atoms with Crippen molar-refractivity contribution in [2.75, 3.05) is 0 Å². The monoisotopic (exact) mass is 604 g/mol. The van der Waals surface area contributed by atoms with E-state index < -0.39 is 0 Å². The van der Waals surface area contributed by atoms with Crippen LogP contribution >= 0.6 is 21.6 Å². The van der Waals surface area contributed by atoms with Crippen LogP contribution in [0.2, 0.25) is 0 Å². The topological polar surface area (TPSA) is 101 Å². The number of imidazole rings is 2. The fourth-order valence-corrected chi connectivity index (χ4v) is 7.24. The minimum Gasteiger partial charge on any atom is -0.323 e. The average Bonchev–Trinajstić information content (AvgIpc) is 3.57. The molecule has 42 heavy (non-hydrogen) atoms. The quantitative estimate of drug-likeness (QED) is 0.163. The van der Waals surface area contributed by atoms with E-state index in [-0.39, 0.29) is 22.5 Å². The summed E-state index contributed by atoms with van der Waals surface area (Å²) < 4.78 is 31.3. The van der Waals surface area contributed by atoms with Crippen molar-refractivity contribution in [3.63, 3.8) is 0 Å². The number of halogens is 2. The Morgan fingerprint density at radius 1 is 0.690 bits per heavy atom. The molecule has 2 aromatic carbocycles. The van der Waals surface area contributed by atoms with Crippen molar-refractivity contribution >= 4 is 43.7 Å². The van der Waals surface area contributed by atoms with Crippen molar-refractivity contribution in [1.82, 2.24) is 29.1 Å². The Bertz CT molecular complexity index is 1980. The summed E-state index contributed by atoms with van der Waals surface area (Å²) in [6.07, 6.45) is 3.49. The van der Waals surface area contributed by atoms with Gasteiger partial charge in [-0.3, -0.25) is 18.7 Å². The number of hydrogen-bond donors (Lipinski definition) is 2. The third kappa shape index (κ3) is 5.05. The minimum absolute atomic E-state index is 0.0430. The van der Waals surface area contributed by atoms with Gasteiger partial charge in [0.2, 0.25) is 11.9 Å². The number of aromatic nitrogens is 6. The van der Waals surface area contributed by atoms with Gasteiger partial charge in [-0.2, -0.15) is 0 Å². The van der Waals surface area contributed by atoms with Gasteiger partial charge in [0.05, 0.1) is 22.1 Å². The predicted octanol–water partition coefficient (Wildman–Crippen LogP) is 6.33. The summed E-state index contributed by atoms with van der Waals surface area (Å²) in [6, 6.07) is 8.72. The first kappa shape index (κ1) is 28.0. The third-order valence-corrected chi connectivity index (χ3v) is 9.44. The van der Waals surface area contributed by atoms with Crippen LogP contribution in [0.15, 0.2) is 58.4 Å². The van der Waals surface area contributed by atoms with Crippen LogP contribution in [0.25, 0.3) is 34.0 Å². The molecule has 4 heterocycles. The Balaban J connectivity index is 1.30. The van der Waals surface area contributed by atoms with Gasteiger partial charge in [0.15, 0.2) is 10.9 Å². The lowest BCUT2D eigenvalue weighted by Gasteiger charge is -2.16. The van der Waals surface area contributed by atoms with Gasteiger partial charge in [0.25, 0.3) is 0 Å². The van der Waals surface area contributed by atoms with Crippen LogP contribution in [-0.2, 0) is 11.5 Å². The van der Waals surface area contributed by atoms with Crippen LogP contribution in [0.3, 0.4) is 0 Å². The summed E-state index contributed by atoms with van der Waals surface area (Å²) in [4.78, 5) is 41.3. The molecule has 6 aromatic rings. The average molecular weight is 605 g/mol. The van der Waals surface area contributed by atoms with Crippen molar-refractivity contribution in [3.8, 4) is 11.9 Å². The number of nitrogens with zero attached hydrogens (tertiary/aromatic N) is 4. The van der Waals surface area contributed by atoms with Crippen molar-refractivity contribution in [3.05, 3.63) is 115 Å². The first-order valence-electron chi connectivity index (χ1n) is 13.1. The molecule has 0 aliphatic rings. The molecule has 0 saturated heterocycles. The highest BCUT2D eigenvalue weighted by Gasteiger charge is 2.18. The highest BCUT2D eigenvalue weighted by molar-refractivity contribution is 8.76. The van der Waals surface area contributed by atoms with E-state index in [1.807, 2.05) is 9.13 Å². The molecular weight excluding hydrogens is 579 g/mol. The molecule has 0 amide bonds. The molecule has 0 bridgehead atoms. The maximum Gasteiger partial charge on any atom is 0.212 e. The predicted molar refractivity (Wildman–Crippen MR) is 165 cm³/mol. The fraction of sp³-hybridized carbons (Fsp3) is 0.200. The standard InChI is InChI=1S/C30H26F2N6O2S2/c1-15-11-37(29-33-21-7-5-19(31)9-23(21)35-29)25(17(3)27(15)39)13-41-42-14-26-18(4)28(40)16(2)12-38(26)30-34-22-8-6-20(32)10-24(22)36-30/h5-12H,13-14H2,1-4H3,(H,33,35)(H,34,36). The number of fused-ring (bicyclic) bond motifs is 2. The summed E-state index contributed by atoms with van der Waals surface area (Å²) in [6.45, 7) is 7.10. The molecule has 4 aromatic heterocycles. The minimum atomic E-state index is -0.364. The molecule has 0 saturated carbocycles. The van der Waals surface area contributed by atoms with E-state index in [4.69, 9.17) is 0 Å². The maximum atomic E-state index is 13.8. The molecule has 0 aliphatic carbocycles. The van der Waals surface area contributed by atoms with E-state index in [9.17, 15) is 18.4 Å². The van der Waals surface area contributed by atoms with Crippen LogP contribution < -0.4 is 10.9 Å². The number of hydrogen-bond acceptors (Lipinski definition) is 6. The highest BCUT2D eigenvalue weighted by atomic mass is 33.1. The second kappa shape index (κ2) is 10.9. The number of aryl methyl sites for hydroxylation is 2. The van der Waals surface area contributed by atoms with Crippen LogP contribution in [-0.4, -0.2) is 29.1 Å². The van der Waals surface area contributed by atoms with Gasteiger partial charge in [-0.05, 0) is 64.1 Å². The zero-order chi connectivity index (χ0) is 29.7. The van der Waals surface area contributed by atoms with Crippen molar-refractivity contribution < 1.29 is 8.78 Å². The van der Waals surface area contributed by atoms with E-state index in [1.54, 1.807) is 52.2 Å². The van der Waals surface area contributed by atoms with E-state index in [1.165, 1.54) is 45.9 Å². The Hall–Kier alpha value is -4.16.